The van der Waals surface area contributed by atoms with Gasteiger partial charge in [-0.3, -0.25) is 4.79 Å². The molecule has 94 valence electrons. The molecule has 0 saturated heterocycles. The Labute approximate surface area is 97.9 Å². The SMILES string of the molecule is CC(C)(CN)C(=O)NCCCOCC1CC1. The molecule has 1 aliphatic carbocycles. The summed E-state index contributed by atoms with van der Waals surface area (Å²) in [5, 5.41) is 2.88. The lowest BCUT2D eigenvalue weighted by atomic mass is 9.93. The van der Waals surface area contributed by atoms with Crippen molar-refractivity contribution in [2.45, 2.75) is 33.1 Å². The molecule has 0 atom stereocenters. The summed E-state index contributed by atoms with van der Waals surface area (Å²) in [6.45, 7) is 6.38. The first-order valence-corrected chi connectivity index (χ1v) is 6.12. The molecule has 1 rings (SSSR count). The Hall–Kier alpha value is -0.610. The fourth-order valence-corrected chi connectivity index (χ4v) is 1.24. The molecule has 0 aromatic rings. The molecule has 1 fully saturated rings. The third kappa shape index (κ3) is 4.94. The van der Waals surface area contributed by atoms with Gasteiger partial charge in [0, 0.05) is 26.3 Å². The summed E-state index contributed by atoms with van der Waals surface area (Å²) in [4.78, 5) is 11.6. The van der Waals surface area contributed by atoms with E-state index >= 15 is 0 Å². The largest absolute Gasteiger partial charge is 0.381 e. The second-order valence-corrected chi connectivity index (χ2v) is 5.22. The van der Waals surface area contributed by atoms with E-state index in [1.165, 1.54) is 12.8 Å². The normalized spacial score (nSPS) is 16.2. The Balaban J connectivity index is 1.95. The highest BCUT2D eigenvalue weighted by Gasteiger charge is 2.25. The predicted octanol–water partition coefficient (Wildman–Crippen LogP) is 0.904. The lowest BCUT2D eigenvalue weighted by molar-refractivity contribution is -0.128. The van der Waals surface area contributed by atoms with Gasteiger partial charge in [-0.2, -0.15) is 0 Å². The van der Waals surface area contributed by atoms with Crippen molar-refractivity contribution in [3.63, 3.8) is 0 Å². The maximum Gasteiger partial charge on any atom is 0.226 e. The monoisotopic (exact) mass is 228 g/mol. The van der Waals surface area contributed by atoms with Gasteiger partial charge in [0.15, 0.2) is 0 Å². The lowest BCUT2D eigenvalue weighted by Crippen LogP contribution is -2.42. The second kappa shape index (κ2) is 6.21. The van der Waals surface area contributed by atoms with Crippen LogP contribution in [0.1, 0.15) is 33.1 Å². The third-order valence-electron chi connectivity index (χ3n) is 2.93. The summed E-state index contributed by atoms with van der Waals surface area (Å²) in [5.41, 5.74) is 5.05. The van der Waals surface area contributed by atoms with Crippen LogP contribution in [0.4, 0.5) is 0 Å². The zero-order valence-electron chi connectivity index (χ0n) is 10.4. The van der Waals surface area contributed by atoms with E-state index in [0.29, 0.717) is 13.1 Å². The van der Waals surface area contributed by atoms with Gasteiger partial charge in [0.05, 0.1) is 5.41 Å². The average molecular weight is 228 g/mol. The summed E-state index contributed by atoms with van der Waals surface area (Å²) in [6.07, 6.45) is 3.52. The van der Waals surface area contributed by atoms with Crippen LogP contribution in [-0.2, 0) is 9.53 Å². The lowest BCUT2D eigenvalue weighted by Gasteiger charge is -2.21. The molecule has 0 aromatic heterocycles. The molecule has 0 spiro atoms. The Bertz CT molecular complexity index is 225. The van der Waals surface area contributed by atoms with Crippen molar-refractivity contribution in [2.75, 3.05) is 26.3 Å². The van der Waals surface area contributed by atoms with E-state index in [9.17, 15) is 4.79 Å². The van der Waals surface area contributed by atoms with Crippen LogP contribution in [0.3, 0.4) is 0 Å². The smallest absolute Gasteiger partial charge is 0.226 e. The van der Waals surface area contributed by atoms with E-state index in [4.69, 9.17) is 10.5 Å². The molecule has 1 saturated carbocycles. The highest BCUT2D eigenvalue weighted by molar-refractivity contribution is 5.81. The zero-order valence-corrected chi connectivity index (χ0v) is 10.4. The van der Waals surface area contributed by atoms with Crippen LogP contribution in [0.25, 0.3) is 0 Å². The van der Waals surface area contributed by atoms with E-state index < -0.39 is 5.41 Å². The van der Waals surface area contributed by atoms with Gasteiger partial charge in [0.2, 0.25) is 5.91 Å². The van der Waals surface area contributed by atoms with Gasteiger partial charge in [-0.15, -0.1) is 0 Å². The number of carbonyl (C=O) groups is 1. The number of hydrogen-bond acceptors (Lipinski definition) is 3. The van der Waals surface area contributed by atoms with Gasteiger partial charge in [-0.25, -0.2) is 0 Å². The van der Waals surface area contributed by atoms with Crippen LogP contribution in [0.2, 0.25) is 0 Å². The zero-order chi connectivity index (χ0) is 12.0. The molecule has 4 heteroatoms. The van der Waals surface area contributed by atoms with Crippen molar-refractivity contribution in [3.05, 3.63) is 0 Å². The highest BCUT2D eigenvalue weighted by atomic mass is 16.5. The van der Waals surface area contributed by atoms with Crippen LogP contribution in [0.5, 0.6) is 0 Å². The molecule has 1 amide bonds. The maximum atomic E-state index is 11.6. The minimum atomic E-state index is -0.463. The molecule has 0 aromatic carbocycles. The standard InChI is InChI=1S/C12H24N2O2/c1-12(2,9-13)11(15)14-6-3-7-16-8-10-4-5-10/h10H,3-9,13H2,1-2H3,(H,14,15). The molecular weight excluding hydrogens is 204 g/mol. The summed E-state index contributed by atoms with van der Waals surface area (Å²) in [5.74, 6) is 0.836. The summed E-state index contributed by atoms with van der Waals surface area (Å²) < 4.78 is 5.48. The molecule has 0 aliphatic heterocycles. The molecular formula is C12H24N2O2. The first kappa shape index (κ1) is 13.5. The van der Waals surface area contributed by atoms with Crippen molar-refractivity contribution in [2.24, 2.45) is 17.1 Å². The van der Waals surface area contributed by atoms with Gasteiger partial charge in [-0.05, 0) is 39.0 Å². The van der Waals surface area contributed by atoms with E-state index in [-0.39, 0.29) is 5.91 Å². The van der Waals surface area contributed by atoms with Gasteiger partial charge in [0.1, 0.15) is 0 Å². The van der Waals surface area contributed by atoms with E-state index in [0.717, 1.165) is 25.6 Å². The Morgan fingerprint density at radius 1 is 1.50 bits per heavy atom. The maximum absolute atomic E-state index is 11.6. The highest BCUT2D eigenvalue weighted by Crippen LogP contribution is 2.28. The first-order chi connectivity index (χ1) is 7.56. The van der Waals surface area contributed by atoms with Crippen LogP contribution >= 0.6 is 0 Å². The summed E-state index contributed by atoms with van der Waals surface area (Å²) >= 11 is 0. The first-order valence-electron chi connectivity index (χ1n) is 6.12. The van der Waals surface area contributed by atoms with E-state index in [2.05, 4.69) is 5.32 Å². The van der Waals surface area contributed by atoms with Crippen molar-refractivity contribution < 1.29 is 9.53 Å². The Kier molecular flexibility index (Phi) is 5.22. The summed E-state index contributed by atoms with van der Waals surface area (Å²) in [6, 6.07) is 0. The molecule has 3 N–H and O–H groups in total. The molecule has 0 bridgehead atoms. The Morgan fingerprint density at radius 3 is 2.75 bits per heavy atom. The van der Waals surface area contributed by atoms with Gasteiger partial charge in [-0.1, -0.05) is 0 Å². The quantitative estimate of drug-likeness (QED) is 0.607. The van der Waals surface area contributed by atoms with E-state index in [1.807, 2.05) is 13.8 Å². The molecule has 1 aliphatic rings. The van der Waals surface area contributed by atoms with Crippen LogP contribution in [0.15, 0.2) is 0 Å². The number of carbonyl (C=O) groups excluding carboxylic acids is 1. The Morgan fingerprint density at radius 2 is 2.19 bits per heavy atom. The predicted molar refractivity (Wildman–Crippen MR) is 64.0 cm³/mol. The third-order valence-corrected chi connectivity index (χ3v) is 2.93. The number of rotatable bonds is 8. The number of nitrogens with one attached hydrogen (secondary N) is 1. The molecule has 0 unspecified atom stereocenters. The molecule has 0 radical (unpaired) electrons. The fraction of sp³-hybridized carbons (Fsp3) is 0.917. The number of ether oxygens (including phenoxy) is 1. The number of nitrogens with two attached hydrogens (primary N) is 1. The van der Waals surface area contributed by atoms with Crippen LogP contribution in [-0.4, -0.2) is 32.2 Å². The van der Waals surface area contributed by atoms with Gasteiger partial charge in [0.25, 0.3) is 0 Å². The minimum absolute atomic E-state index is 0.0252. The number of amides is 1. The van der Waals surface area contributed by atoms with Crippen molar-refractivity contribution in [1.82, 2.24) is 5.32 Å². The topological polar surface area (TPSA) is 64.4 Å². The molecule has 0 heterocycles. The average Bonchev–Trinajstić information content (AvgIpc) is 3.06. The van der Waals surface area contributed by atoms with Crippen LogP contribution < -0.4 is 11.1 Å². The number of hydrogen-bond donors (Lipinski definition) is 2. The molecule has 16 heavy (non-hydrogen) atoms. The minimum Gasteiger partial charge on any atom is -0.381 e. The van der Waals surface area contributed by atoms with Crippen LogP contribution in [0, 0.1) is 11.3 Å². The molecule has 4 nitrogen and oxygen atoms in total. The fourth-order valence-electron chi connectivity index (χ4n) is 1.24. The second-order valence-electron chi connectivity index (χ2n) is 5.22. The van der Waals surface area contributed by atoms with Crippen molar-refractivity contribution in [1.29, 1.82) is 0 Å². The van der Waals surface area contributed by atoms with Crippen molar-refractivity contribution in [3.8, 4) is 0 Å². The van der Waals surface area contributed by atoms with E-state index in [1.54, 1.807) is 0 Å². The van der Waals surface area contributed by atoms with Crippen molar-refractivity contribution >= 4 is 5.91 Å². The summed E-state index contributed by atoms with van der Waals surface area (Å²) in [7, 11) is 0. The van der Waals surface area contributed by atoms with Gasteiger partial charge >= 0.3 is 0 Å². The van der Waals surface area contributed by atoms with Gasteiger partial charge < -0.3 is 15.8 Å².